The zero-order valence-corrected chi connectivity index (χ0v) is 7.86. The van der Waals surface area contributed by atoms with Gasteiger partial charge >= 0.3 is 0 Å². The summed E-state index contributed by atoms with van der Waals surface area (Å²) in [7, 11) is 0. The van der Waals surface area contributed by atoms with Gasteiger partial charge in [-0.1, -0.05) is 0 Å². The van der Waals surface area contributed by atoms with Crippen molar-refractivity contribution in [2.24, 2.45) is 5.92 Å². The summed E-state index contributed by atoms with van der Waals surface area (Å²) in [5, 5.41) is 10.8. The van der Waals surface area contributed by atoms with E-state index in [2.05, 4.69) is 33.0 Å². The molecule has 1 heterocycles. The van der Waals surface area contributed by atoms with Crippen molar-refractivity contribution in [1.29, 1.82) is 5.41 Å². The lowest BCUT2D eigenvalue weighted by atomic mass is 9.88. The second-order valence-electron chi connectivity index (χ2n) is 4.71. The fourth-order valence-corrected chi connectivity index (χ4v) is 2.09. The van der Waals surface area contributed by atoms with Crippen LogP contribution in [0.4, 0.5) is 0 Å². The molecular formula is C9H18N2. The zero-order chi connectivity index (χ0) is 8.70. The van der Waals surface area contributed by atoms with Crippen LogP contribution in [0.5, 0.6) is 0 Å². The first kappa shape index (κ1) is 8.72. The first-order valence-corrected chi connectivity index (χ1v) is 4.17. The van der Waals surface area contributed by atoms with E-state index in [1.165, 1.54) is 0 Å². The molecule has 1 saturated heterocycles. The van der Waals surface area contributed by atoms with Gasteiger partial charge in [-0.3, -0.25) is 0 Å². The molecule has 11 heavy (non-hydrogen) atoms. The van der Waals surface area contributed by atoms with Crippen LogP contribution in [-0.2, 0) is 0 Å². The predicted molar refractivity (Wildman–Crippen MR) is 48.2 cm³/mol. The highest BCUT2D eigenvalue weighted by atomic mass is 15.1. The number of hydrogen-bond donors (Lipinski definition) is 2. The average Bonchev–Trinajstić information content (AvgIpc) is 1.99. The first-order valence-electron chi connectivity index (χ1n) is 4.17. The van der Waals surface area contributed by atoms with E-state index < -0.39 is 0 Å². The molecule has 0 aromatic rings. The quantitative estimate of drug-likeness (QED) is 0.555. The van der Waals surface area contributed by atoms with Gasteiger partial charge in [-0.25, -0.2) is 0 Å². The smallest absolute Gasteiger partial charge is 0.0208 e. The minimum absolute atomic E-state index is 0.102. The number of nitrogens with one attached hydrogen (secondary N) is 2. The second-order valence-corrected chi connectivity index (χ2v) is 4.71. The van der Waals surface area contributed by atoms with Crippen molar-refractivity contribution >= 4 is 6.21 Å². The summed E-state index contributed by atoms with van der Waals surface area (Å²) in [5.41, 5.74) is 0.303. The van der Waals surface area contributed by atoms with Crippen molar-refractivity contribution in [2.45, 2.75) is 45.2 Å². The average molecular weight is 154 g/mol. The highest BCUT2D eigenvalue weighted by molar-refractivity contribution is 5.60. The van der Waals surface area contributed by atoms with Gasteiger partial charge in [0, 0.05) is 23.2 Å². The van der Waals surface area contributed by atoms with Crippen LogP contribution >= 0.6 is 0 Å². The van der Waals surface area contributed by atoms with Gasteiger partial charge in [0.05, 0.1) is 0 Å². The molecule has 0 saturated carbocycles. The monoisotopic (exact) mass is 154 g/mol. The molecular weight excluding hydrogens is 136 g/mol. The van der Waals surface area contributed by atoms with Gasteiger partial charge in [0.2, 0.25) is 0 Å². The van der Waals surface area contributed by atoms with E-state index in [0.29, 0.717) is 5.92 Å². The normalized spacial score (nSPS) is 33.6. The Morgan fingerprint density at radius 3 is 2.09 bits per heavy atom. The lowest BCUT2D eigenvalue weighted by Gasteiger charge is -2.26. The molecule has 2 nitrogen and oxygen atoms in total. The summed E-state index contributed by atoms with van der Waals surface area (Å²) in [6.45, 7) is 8.71. The molecule has 0 spiro atoms. The van der Waals surface area contributed by atoms with E-state index >= 15 is 0 Å². The maximum Gasteiger partial charge on any atom is 0.0208 e. The lowest BCUT2D eigenvalue weighted by molar-refractivity contribution is 0.358. The van der Waals surface area contributed by atoms with Crippen LogP contribution in [0, 0.1) is 11.3 Å². The van der Waals surface area contributed by atoms with Crippen molar-refractivity contribution in [3.63, 3.8) is 0 Å². The summed E-state index contributed by atoms with van der Waals surface area (Å²) in [6.07, 6.45) is 2.64. The predicted octanol–water partition coefficient (Wildman–Crippen LogP) is 1.80. The number of hydrogen-bond acceptors (Lipinski definition) is 2. The van der Waals surface area contributed by atoms with Gasteiger partial charge in [-0.15, -0.1) is 0 Å². The van der Waals surface area contributed by atoms with E-state index in [-0.39, 0.29) is 11.1 Å². The van der Waals surface area contributed by atoms with Crippen molar-refractivity contribution in [1.82, 2.24) is 5.32 Å². The highest BCUT2D eigenvalue weighted by Gasteiger charge is 2.42. The Morgan fingerprint density at radius 1 is 1.36 bits per heavy atom. The lowest BCUT2D eigenvalue weighted by Crippen LogP contribution is -2.45. The molecule has 64 valence electrons. The zero-order valence-electron chi connectivity index (χ0n) is 7.86. The Kier molecular flexibility index (Phi) is 1.83. The molecule has 0 aliphatic carbocycles. The SMILES string of the molecule is CC1(C)CC(C=N)C(C)(C)N1. The van der Waals surface area contributed by atoms with Crippen LogP contribution in [0.1, 0.15) is 34.1 Å². The molecule has 1 fully saturated rings. The minimum atomic E-state index is 0.102. The Hall–Kier alpha value is -0.370. The molecule has 0 aromatic heterocycles. The molecule has 1 aliphatic heterocycles. The summed E-state index contributed by atoms with van der Waals surface area (Å²) in [5.74, 6) is 0.387. The fourth-order valence-electron chi connectivity index (χ4n) is 2.09. The standard InChI is InChI=1S/C9H18N2/c1-8(2)5-7(6-10)9(3,4)11-8/h6-7,10-11H,5H2,1-4H3. The highest BCUT2D eigenvalue weighted by Crippen LogP contribution is 2.34. The molecule has 2 heteroatoms. The Bertz CT molecular complexity index is 170. The first-order chi connectivity index (χ1) is 4.87. The Morgan fingerprint density at radius 2 is 1.91 bits per heavy atom. The van der Waals surface area contributed by atoms with Crippen molar-refractivity contribution in [2.75, 3.05) is 0 Å². The summed E-state index contributed by atoms with van der Waals surface area (Å²) >= 11 is 0. The van der Waals surface area contributed by atoms with E-state index in [9.17, 15) is 0 Å². The molecule has 1 rings (SSSR count). The summed E-state index contributed by atoms with van der Waals surface area (Å²) < 4.78 is 0. The second kappa shape index (κ2) is 2.31. The van der Waals surface area contributed by atoms with Crippen molar-refractivity contribution in [3.8, 4) is 0 Å². The molecule has 0 amide bonds. The summed E-state index contributed by atoms with van der Waals surface area (Å²) in [6, 6.07) is 0. The van der Waals surface area contributed by atoms with Gasteiger partial charge in [-0.2, -0.15) is 0 Å². The van der Waals surface area contributed by atoms with Crippen LogP contribution in [-0.4, -0.2) is 17.3 Å². The molecule has 0 aromatic carbocycles. The third kappa shape index (κ3) is 1.62. The maximum atomic E-state index is 7.27. The van der Waals surface area contributed by atoms with Gasteiger partial charge in [0.1, 0.15) is 0 Å². The van der Waals surface area contributed by atoms with Crippen LogP contribution < -0.4 is 5.32 Å². The van der Waals surface area contributed by atoms with E-state index in [1.54, 1.807) is 6.21 Å². The molecule has 1 aliphatic rings. The van der Waals surface area contributed by atoms with E-state index in [0.717, 1.165) is 6.42 Å². The number of rotatable bonds is 1. The van der Waals surface area contributed by atoms with Crippen LogP contribution in [0.15, 0.2) is 0 Å². The molecule has 0 radical (unpaired) electrons. The van der Waals surface area contributed by atoms with Crippen LogP contribution in [0.2, 0.25) is 0 Å². The molecule has 1 unspecified atom stereocenters. The molecule has 1 atom stereocenters. The minimum Gasteiger partial charge on any atom is -0.313 e. The Labute approximate surface area is 68.9 Å². The Balaban J connectivity index is 2.79. The van der Waals surface area contributed by atoms with Crippen molar-refractivity contribution in [3.05, 3.63) is 0 Å². The van der Waals surface area contributed by atoms with E-state index in [1.807, 2.05) is 0 Å². The van der Waals surface area contributed by atoms with Crippen molar-refractivity contribution < 1.29 is 0 Å². The largest absolute Gasteiger partial charge is 0.313 e. The molecule has 0 bridgehead atoms. The maximum absolute atomic E-state index is 7.27. The van der Waals surface area contributed by atoms with Crippen LogP contribution in [0.25, 0.3) is 0 Å². The van der Waals surface area contributed by atoms with Crippen LogP contribution in [0.3, 0.4) is 0 Å². The third-order valence-corrected chi connectivity index (χ3v) is 2.52. The van der Waals surface area contributed by atoms with E-state index in [4.69, 9.17) is 5.41 Å². The van der Waals surface area contributed by atoms with Gasteiger partial charge in [0.15, 0.2) is 0 Å². The summed E-state index contributed by atoms with van der Waals surface area (Å²) in [4.78, 5) is 0. The fraction of sp³-hybridized carbons (Fsp3) is 0.889. The van der Waals surface area contributed by atoms with Gasteiger partial charge in [-0.05, 0) is 34.1 Å². The molecule has 2 N–H and O–H groups in total. The van der Waals surface area contributed by atoms with Gasteiger partial charge < -0.3 is 10.7 Å². The topological polar surface area (TPSA) is 35.9 Å². The van der Waals surface area contributed by atoms with Gasteiger partial charge in [0.25, 0.3) is 0 Å². The third-order valence-electron chi connectivity index (χ3n) is 2.52.